The minimum atomic E-state index is -4.26. The number of rotatable bonds is 11. The molecule has 0 aliphatic carbocycles. The van der Waals surface area contributed by atoms with Crippen molar-refractivity contribution in [2.75, 3.05) is 19.0 Å². The van der Waals surface area contributed by atoms with Crippen LogP contribution in [-0.4, -0.2) is 74.3 Å². The van der Waals surface area contributed by atoms with Crippen LogP contribution < -0.4 is 14.9 Å². The van der Waals surface area contributed by atoms with Crippen LogP contribution in [0.1, 0.15) is 39.7 Å². The van der Waals surface area contributed by atoms with Crippen LogP contribution in [0.3, 0.4) is 0 Å². The third kappa shape index (κ3) is 6.26. The highest BCUT2D eigenvalue weighted by molar-refractivity contribution is 7.52. The molecule has 2 aromatic heterocycles. The van der Waals surface area contributed by atoms with Crippen LogP contribution >= 0.6 is 7.75 Å². The first-order valence-corrected chi connectivity index (χ1v) is 14.3. The van der Waals surface area contributed by atoms with E-state index in [9.17, 15) is 14.5 Å². The lowest BCUT2D eigenvalue weighted by Gasteiger charge is -2.25. The third-order valence-corrected chi connectivity index (χ3v) is 7.82. The van der Waals surface area contributed by atoms with Gasteiger partial charge >= 0.3 is 13.7 Å². The highest BCUT2D eigenvalue weighted by atomic mass is 31.2. The van der Waals surface area contributed by atoms with Crippen LogP contribution in [0.4, 0.5) is 10.2 Å². The normalized spacial score (nSPS) is 25.1. The van der Waals surface area contributed by atoms with E-state index in [4.69, 9.17) is 18.5 Å². The Morgan fingerprint density at radius 3 is 2.62 bits per heavy atom. The predicted octanol–water partition coefficient (Wildman–Crippen LogP) is 3.30. The number of aliphatic hydroxyl groups excluding tert-OH is 1. The summed E-state index contributed by atoms with van der Waals surface area (Å²) in [6.07, 6.45) is -3.34. The molecule has 3 N–H and O–H groups in total. The molecule has 1 aliphatic heterocycles. The maximum atomic E-state index is 16.0. The number of carbonyl (C=O) groups excluding carboxylic acids is 1. The maximum absolute atomic E-state index is 16.0. The minimum absolute atomic E-state index is 0.198. The number of anilines is 1. The number of alkyl halides is 1. The number of aryl methyl sites for hydroxylation is 1. The number of halogens is 1. The molecule has 3 heterocycles. The second-order valence-corrected chi connectivity index (χ2v) is 11.5. The van der Waals surface area contributed by atoms with Crippen LogP contribution in [0.15, 0.2) is 36.7 Å². The van der Waals surface area contributed by atoms with E-state index in [1.807, 2.05) is 0 Å². The van der Waals surface area contributed by atoms with Gasteiger partial charge in [0.15, 0.2) is 28.9 Å². The summed E-state index contributed by atoms with van der Waals surface area (Å²) in [6, 6.07) is 7.10. The van der Waals surface area contributed by atoms with Crippen LogP contribution in [0.2, 0.25) is 0 Å². The number of benzene rings is 1. The maximum Gasteiger partial charge on any atom is 0.459 e. The highest BCUT2D eigenvalue weighted by Gasteiger charge is 2.56. The molecule has 1 saturated heterocycles. The van der Waals surface area contributed by atoms with E-state index < -0.39 is 56.6 Å². The van der Waals surface area contributed by atoms with E-state index in [1.165, 1.54) is 24.7 Å². The number of aliphatic hydroxyl groups is 1. The Labute approximate surface area is 231 Å². The molecule has 4 rings (SSSR count). The van der Waals surface area contributed by atoms with Crippen molar-refractivity contribution in [3.8, 4) is 5.75 Å². The number of imidazole rings is 1. The summed E-state index contributed by atoms with van der Waals surface area (Å²) in [5, 5.41) is 16.4. The average molecular weight is 581 g/mol. The Kier molecular flexibility index (Phi) is 8.76. The zero-order valence-electron chi connectivity index (χ0n) is 23.1. The molecule has 1 aromatic carbocycles. The quantitative estimate of drug-likeness (QED) is 0.225. The lowest BCUT2D eigenvalue weighted by Crippen LogP contribution is -2.41. The van der Waals surface area contributed by atoms with Crippen molar-refractivity contribution in [2.24, 2.45) is 0 Å². The molecule has 0 spiro atoms. The van der Waals surface area contributed by atoms with Crippen LogP contribution in [0.25, 0.3) is 11.2 Å². The fraction of sp³-hybridized carbons (Fsp3) is 0.520. The molecule has 0 bridgehead atoms. The van der Waals surface area contributed by atoms with Gasteiger partial charge in [0, 0.05) is 7.05 Å². The van der Waals surface area contributed by atoms with Crippen molar-refractivity contribution < 1.29 is 37.4 Å². The fourth-order valence-corrected chi connectivity index (χ4v) is 5.73. The molecule has 13 nitrogen and oxygen atoms in total. The van der Waals surface area contributed by atoms with E-state index >= 15 is 4.39 Å². The second kappa shape index (κ2) is 11.8. The average Bonchev–Trinajstić information content (AvgIpc) is 3.40. The molecule has 15 heteroatoms. The number of hydrogen-bond acceptors (Lipinski definition) is 11. The molecule has 218 valence electrons. The Bertz CT molecular complexity index is 1390. The van der Waals surface area contributed by atoms with Crippen LogP contribution in [-0.2, 0) is 23.4 Å². The summed E-state index contributed by atoms with van der Waals surface area (Å²) in [5.41, 5.74) is -1.61. The van der Waals surface area contributed by atoms with Gasteiger partial charge in [-0.2, -0.15) is 5.09 Å². The summed E-state index contributed by atoms with van der Waals surface area (Å²) in [5.74, 6) is 0.404. The Hall–Kier alpha value is -3.16. The third-order valence-electron chi connectivity index (χ3n) is 6.17. The zero-order valence-corrected chi connectivity index (χ0v) is 24.0. The van der Waals surface area contributed by atoms with Gasteiger partial charge in [-0.15, -0.1) is 0 Å². The van der Waals surface area contributed by atoms with Gasteiger partial charge in [0.2, 0.25) is 0 Å². The predicted molar refractivity (Wildman–Crippen MR) is 143 cm³/mol. The van der Waals surface area contributed by atoms with Crippen molar-refractivity contribution in [1.82, 2.24) is 24.6 Å². The van der Waals surface area contributed by atoms with Gasteiger partial charge in [-0.25, -0.2) is 23.9 Å². The molecule has 0 amide bonds. The summed E-state index contributed by atoms with van der Waals surface area (Å²) >= 11 is 0. The summed E-state index contributed by atoms with van der Waals surface area (Å²) in [6.45, 7) is 7.13. The largest absolute Gasteiger partial charge is 0.462 e. The molecule has 1 aliphatic rings. The number of nitrogens with one attached hydrogen (secondary N) is 2. The van der Waals surface area contributed by atoms with Gasteiger partial charge in [-0.3, -0.25) is 13.9 Å². The number of carbonyl (C=O) groups is 1. The number of ether oxygens (including phenoxy) is 2. The van der Waals surface area contributed by atoms with Crippen molar-refractivity contribution in [3.05, 3.63) is 42.5 Å². The first kappa shape index (κ1) is 29.8. The Morgan fingerprint density at radius 1 is 1.27 bits per heavy atom. The minimum Gasteiger partial charge on any atom is -0.462 e. The van der Waals surface area contributed by atoms with Crippen LogP contribution in [0, 0.1) is 6.92 Å². The smallest absolute Gasteiger partial charge is 0.459 e. The zero-order chi connectivity index (χ0) is 29.2. The van der Waals surface area contributed by atoms with Gasteiger partial charge < -0.3 is 24.4 Å². The molecule has 6 atom stereocenters. The molecule has 3 aromatic rings. The topological polar surface area (TPSA) is 159 Å². The standard InChI is InChI=1S/C25H34FN6O7P/c1-14(2)37-23(34)15(3)31-40(35,39-17-10-8-7-9-11-17)36-12-18-20(33)25(5,26)24(38-18)32-13-28-19-21(27-6)29-16(4)30-22(19)32/h7-11,13-15,18,20,24,33H,12H2,1-6H3,(H,31,35)(H,27,29,30)/t15-,18?,20+,24+,25+,40?/m0/s1. The summed E-state index contributed by atoms with van der Waals surface area (Å²) in [4.78, 5) is 25.3. The summed E-state index contributed by atoms with van der Waals surface area (Å²) < 4.78 is 53.4. The molecule has 2 unspecified atom stereocenters. The van der Waals surface area contributed by atoms with Gasteiger partial charge in [0.05, 0.1) is 19.0 Å². The van der Waals surface area contributed by atoms with Crippen molar-refractivity contribution in [1.29, 1.82) is 0 Å². The molecule has 1 fully saturated rings. The molecular weight excluding hydrogens is 546 g/mol. The first-order chi connectivity index (χ1) is 18.8. The fourth-order valence-electron chi connectivity index (χ4n) is 4.23. The number of nitrogens with zero attached hydrogens (tertiary/aromatic N) is 4. The van der Waals surface area contributed by atoms with Crippen molar-refractivity contribution in [3.63, 3.8) is 0 Å². The monoisotopic (exact) mass is 580 g/mol. The Balaban J connectivity index is 1.56. The molecule has 0 saturated carbocycles. The number of aromatic nitrogens is 4. The SMILES string of the molecule is CNc1nc(C)nc2c1ncn2[C@@H]1OC(COP(=O)(N[C@@H](C)C(=O)OC(C)C)Oc2ccccc2)[C@@H](O)[C@@]1(C)F. The first-order valence-electron chi connectivity index (χ1n) is 12.7. The second-order valence-electron chi connectivity index (χ2n) is 9.85. The van der Waals surface area contributed by atoms with E-state index in [2.05, 4.69) is 25.4 Å². The highest BCUT2D eigenvalue weighted by Crippen LogP contribution is 2.48. The molecule has 40 heavy (non-hydrogen) atoms. The van der Waals surface area contributed by atoms with E-state index in [0.717, 1.165) is 0 Å². The number of hydrogen-bond donors (Lipinski definition) is 3. The van der Waals surface area contributed by atoms with Gasteiger partial charge in [-0.05, 0) is 46.8 Å². The molecule has 0 radical (unpaired) electrons. The number of esters is 1. The Morgan fingerprint density at radius 2 is 1.98 bits per heavy atom. The van der Waals surface area contributed by atoms with Gasteiger partial charge in [0.25, 0.3) is 0 Å². The number of para-hydroxylation sites is 1. The van der Waals surface area contributed by atoms with Crippen molar-refractivity contribution >= 4 is 30.7 Å². The lowest BCUT2D eigenvalue weighted by molar-refractivity contribution is -0.149. The van der Waals surface area contributed by atoms with E-state index in [-0.39, 0.29) is 5.75 Å². The van der Waals surface area contributed by atoms with E-state index in [0.29, 0.717) is 22.8 Å². The van der Waals surface area contributed by atoms with Crippen molar-refractivity contribution in [2.45, 2.75) is 70.9 Å². The van der Waals surface area contributed by atoms with Crippen LogP contribution in [0.5, 0.6) is 5.75 Å². The van der Waals surface area contributed by atoms with E-state index in [1.54, 1.807) is 58.2 Å². The molecular formula is C25H34FN6O7P. The van der Waals surface area contributed by atoms with Gasteiger partial charge in [0.1, 0.15) is 29.8 Å². The lowest BCUT2D eigenvalue weighted by atomic mass is 9.98. The van der Waals surface area contributed by atoms with Gasteiger partial charge in [-0.1, -0.05) is 18.2 Å². The number of fused-ring (bicyclic) bond motifs is 1. The summed E-state index contributed by atoms with van der Waals surface area (Å²) in [7, 11) is -2.59.